The molecule has 1 aliphatic carbocycles. The second kappa shape index (κ2) is 4.46. The van der Waals surface area contributed by atoms with E-state index in [4.69, 9.17) is 5.14 Å². The average Bonchev–Trinajstić information content (AvgIpc) is 2.13. The van der Waals surface area contributed by atoms with Crippen LogP contribution in [0, 0.1) is 5.92 Å². The quantitative estimate of drug-likeness (QED) is 0.845. The third kappa shape index (κ3) is 2.83. The molecule has 0 aliphatic heterocycles. The highest BCUT2D eigenvalue weighted by Gasteiger charge is 2.25. The van der Waals surface area contributed by atoms with Gasteiger partial charge in [0, 0.05) is 11.6 Å². The van der Waals surface area contributed by atoms with E-state index >= 15 is 0 Å². The van der Waals surface area contributed by atoms with Crippen LogP contribution >= 0.6 is 0 Å². The van der Waals surface area contributed by atoms with Crippen LogP contribution in [0.4, 0.5) is 5.69 Å². The molecule has 1 saturated carbocycles. The molecule has 0 saturated heterocycles. The van der Waals surface area contributed by atoms with Gasteiger partial charge in [-0.15, -0.1) is 0 Å². The van der Waals surface area contributed by atoms with E-state index < -0.39 is 10.0 Å². The van der Waals surface area contributed by atoms with Crippen molar-refractivity contribution in [2.24, 2.45) is 11.1 Å². The van der Waals surface area contributed by atoms with E-state index in [9.17, 15) is 13.2 Å². The first-order chi connectivity index (χ1) is 7.97. The van der Waals surface area contributed by atoms with Crippen LogP contribution in [-0.2, 0) is 14.8 Å². The number of amides is 1. The first-order valence-electron chi connectivity index (χ1n) is 5.40. The topological polar surface area (TPSA) is 89.3 Å². The van der Waals surface area contributed by atoms with Gasteiger partial charge in [-0.3, -0.25) is 4.79 Å². The van der Waals surface area contributed by atoms with Gasteiger partial charge in [0.15, 0.2) is 0 Å². The Morgan fingerprint density at radius 1 is 1.35 bits per heavy atom. The van der Waals surface area contributed by atoms with Gasteiger partial charge >= 0.3 is 0 Å². The van der Waals surface area contributed by atoms with Crippen molar-refractivity contribution in [2.75, 3.05) is 5.32 Å². The van der Waals surface area contributed by atoms with E-state index in [1.807, 2.05) is 0 Å². The number of benzene rings is 1. The fourth-order valence-corrected chi connectivity index (χ4v) is 2.23. The van der Waals surface area contributed by atoms with Gasteiger partial charge in [-0.25, -0.2) is 13.6 Å². The van der Waals surface area contributed by atoms with E-state index in [0.29, 0.717) is 5.69 Å². The molecule has 1 aliphatic rings. The van der Waals surface area contributed by atoms with Gasteiger partial charge in [0.1, 0.15) is 0 Å². The Morgan fingerprint density at radius 3 is 2.59 bits per heavy atom. The standard InChI is InChI=1S/C11H14N2O3S/c12-17(15,16)10-6-2-5-9(7-10)13-11(14)8-3-1-4-8/h2,5-8H,1,3-4H2,(H,13,14)(H2,12,15,16). The molecule has 0 radical (unpaired) electrons. The Morgan fingerprint density at radius 2 is 2.06 bits per heavy atom. The number of carbonyl (C=O) groups is 1. The fraction of sp³-hybridized carbons (Fsp3) is 0.364. The van der Waals surface area contributed by atoms with Crippen LogP contribution in [0.1, 0.15) is 19.3 Å². The van der Waals surface area contributed by atoms with E-state index in [0.717, 1.165) is 19.3 Å². The van der Waals surface area contributed by atoms with Crippen molar-refractivity contribution in [3.05, 3.63) is 24.3 Å². The van der Waals surface area contributed by atoms with Gasteiger partial charge in [0.2, 0.25) is 15.9 Å². The maximum Gasteiger partial charge on any atom is 0.238 e. The predicted molar refractivity (Wildman–Crippen MR) is 63.8 cm³/mol. The minimum atomic E-state index is -3.72. The summed E-state index contributed by atoms with van der Waals surface area (Å²) in [6.07, 6.45) is 2.89. The SMILES string of the molecule is NS(=O)(=O)c1cccc(NC(=O)C2CCC2)c1. The van der Waals surface area contributed by atoms with E-state index in [1.165, 1.54) is 12.1 Å². The number of hydrogen-bond acceptors (Lipinski definition) is 3. The van der Waals surface area contributed by atoms with E-state index in [-0.39, 0.29) is 16.7 Å². The number of hydrogen-bond donors (Lipinski definition) is 2. The molecule has 0 aromatic heterocycles. The Kier molecular flexibility index (Phi) is 3.17. The molecule has 0 heterocycles. The summed E-state index contributed by atoms with van der Waals surface area (Å²) in [5.74, 6) is 0.0101. The maximum atomic E-state index is 11.7. The average molecular weight is 254 g/mol. The van der Waals surface area contributed by atoms with E-state index in [2.05, 4.69) is 5.32 Å². The molecule has 3 N–H and O–H groups in total. The Hall–Kier alpha value is -1.40. The molecule has 2 rings (SSSR count). The molecule has 0 unspecified atom stereocenters. The molecule has 1 amide bonds. The van der Waals surface area contributed by atoms with Gasteiger partial charge in [0.05, 0.1) is 4.90 Å². The third-order valence-electron chi connectivity index (χ3n) is 2.91. The highest BCUT2D eigenvalue weighted by molar-refractivity contribution is 7.89. The zero-order valence-corrected chi connectivity index (χ0v) is 10.0. The first-order valence-corrected chi connectivity index (χ1v) is 6.95. The van der Waals surface area contributed by atoms with Crippen LogP contribution in [0.5, 0.6) is 0 Å². The predicted octanol–water partition coefficient (Wildman–Crippen LogP) is 1.07. The molecule has 5 nitrogen and oxygen atoms in total. The number of rotatable bonds is 3. The Balaban J connectivity index is 2.13. The number of nitrogens with two attached hydrogens (primary N) is 1. The van der Waals surface area contributed by atoms with E-state index in [1.54, 1.807) is 12.1 Å². The molecular weight excluding hydrogens is 240 g/mol. The summed E-state index contributed by atoms with van der Waals surface area (Å²) in [7, 11) is -3.72. The lowest BCUT2D eigenvalue weighted by Crippen LogP contribution is -2.28. The smallest absolute Gasteiger partial charge is 0.238 e. The summed E-state index contributed by atoms with van der Waals surface area (Å²) < 4.78 is 22.3. The molecule has 92 valence electrons. The minimum absolute atomic E-state index is 0.00362. The summed E-state index contributed by atoms with van der Waals surface area (Å²) in [6.45, 7) is 0. The van der Waals surface area contributed by atoms with Gasteiger partial charge in [-0.2, -0.15) is 0 Å². The van der Waals surface area contributed by atoms with Crippen LogP contribution in [0.15, 0.2) is 29.2 Å². The summed E-state index contributed by atoms with van der Waals surface area (Å²) in [4.78, 5) is 11.7. The summed E-state index contributed by atoms with van der Waals surface area (Å²) in [6, 6.07) is 5.96. The molecule has 1 aromatic rings. The lowest BCUT2D eigenvalue weighted by molar-refractivity contribution is -0.122. The molecule has 1 aromatic carbocycles. The number of sulfonamides is 1. The highest BCUT2D eigenvalue weighted by atomic mass is 32.2. The number of nitrogens with one attached hydrogen (secondary N) is 1. The summed E-state index contributed by atoms with van der Waals surface area (Å²) >= 11 is 0. The Labute approximate surface area is 100 Å². The fourth-order valence-electron chi connectivity index (χ4n) is 1.67. The summed E-state index contributed by atoms with van der Waals surface area (Å²) in [5.41, 5.74) is 0.466. The number of carbonyl (C=O) groups excluding carboxylic acids is 1. The van der Waals surface area contributed by atoms with Crippen LogP contribution in [0.25, 0.3) is 0 Å². The maximum absolute atomic E-state index is 11.7. The first kappa shape index (κ1) is 12.1. The molecule has 1 fully saturated rings. The van der Waals surface area contributed by atoms with Gasteiger partial charge in [-0.1, -0.05) is 12.5 Å². The lowest BCUT2D eigenvalue weighted by Gasteiger charge is -2.24. The summed E-state index contributed by atoms with van der Waals surface area (Å²) in [5, 5.41) is 7.71. The van der Waals surface area contributed by atoms with Crippen molar-refractivity contribution in [1.82, 2.24) is 0 Å². The zero-order chi connectivity index (χ0) is 12.5. The molecular formula is C11H14N2O3S. The van der Waals surface area contributed by atoms with Crippen LogP contribution < -0.4 is 10.5 Å². The van der Waals surface area contributed by atoms with Crippen molar-refractivity contribution < 1.29 is 13.2 Å². The van der Waals surface area contributed by atoms with Gasteiger partial charge in [-0.05, 0) is 31.0 Å². The third-order valence-corrected chi connectivity index (χ3v) is 3.82. The second-order valence-corrected chi connectivity index (χ2v) is 5.75. The molecule has 6 heteroatoms. The normalized spacial score (nSPS) is 16.3. The zero-order valence-electron chi connectivity index (χ0n) is 9.22. The second-order valence-electron chi connectivity index (χ2n) is 4.19. The highest BCUT2D eigenvalue weighted by Crippen LogP contribution is 2.27. The largest absolute Gasteiger partial charge is 0.326 e. The molecule has 0 atom stereocenters. The van der Waals surface area contributed by atoms with Gasteiger partial charge < -0.3 is 5.32 Å². The molecule has 17 heavy (non-hydrogen) atoms. The minimum Gasteiger partial charge on any atom is -0.326 e. The number of primary sulfonamides is 1. The van der Waals surface area contributed by atoms with Gasteiger partial charge in [0.25, 0.3) is 0 Å². The molecule has 0 bridgehead atoms. The monoisotopic (exact) mass is 254 g/mol. The van der Waals surface area contributed by atoms with Crippen molar-refractivity contribution in [1.29, 1.82) is 0 Å². The van der Waals surface area contributed by atoms with Crippen LogP contribution in [0.3, 0.4) is 0 Å². The van der Waals surface area contributed by atoms with Crippen molar-refractivity contribution in [3.8, 4) is 0 Å². The van der Waals surface area contributed by atoms with Crippen molar-refractivity contribution >= 4 is 21.6 Å². The number of anilines is 1. The van der Waals surface area contributed by atoms with Crippen LogP contribution in [0.2, 0.25) is 0 Å². The Bertz CT molecular complexity index is 535. The molecule has 0 spiro atoms. The van der Waals surface area contributed by atoms with Crippen molar-refractivity contribution in [3.63, 3.8) is 0 Å². The van der Waals surface area contributed by atoms with Crippen molar-refractivity contribution in [2.45, 2.75) is 24.2 Å². The van der Waals surface area contributed by atoms with Crippen LogP contribution in [-0.4, -0.2) is 14.3 Å². The lowest BCUT2D eigenvalue weighted by atomic mass is 9.85.